The lowest BCUT2D eigenvalue weighted by atomic mass is 10.1. The molecule has 8 nitrogen and oxygen atoms in total. The Morgan fingerprint density at radius 3 is 2.23 bits per heavy atom. The van der Waals surface area contributed by atoms with Gasteiger partial charge in [-0.1, -0.05) is 23.8 Å². The molecule has 2 aromatic heterocycles. The van der Waals surface area contributed by atoms with Crippen LogP contribution in [0.4, 0.5) is 28.8 Å². The number of aryl methyl sites for hydroxylation is 3. The van der Waals surface area contributed by atoms with Crippen molar-refractivity contribution < 1.29 is 4.92 Å². The second-order valence-corrected chi connectivity index (χ2v) is 5.97. The van der Waals surface area contributed by atoms with E-state index in [1.54, 1.807) is 12.3 Å². The van der Waals surface area contributed by atoms with E-state index < -0.39 is 4.92 Å². The standard InChI is InChI=1S/C18H18N6O2/c1-11-4-6-14(13(3)8-11)22-17-16(24(25)26)18(21-10-20-17)23-15-7-5-12(2)9-19-15/h4-10H,1-3H3,(H2,19,20,21,22,23). The fourth-order valence-electron chi connectivity index (χ4n) is 2.48. The first-order chi connectivity index (χ1) is 12.4. The number of nitro groups is 1. The first kappa shape index (κ1) is 17.3. The highest BCUT2D eigenvalue weighted by atomic mass is 16.6. The van der Waals surface area contributed by atoms with Crippen LogP contribution < -0.4 is 10.6 Å². The molecule has 0 saturated carbocycles. The number of benzene rings is 1. The summed E-state index contributed by atoms with van der Waals surface area (Å²) in [5.74, 6) is 0.662. The van der Waals surface area contributed by atoms with Gasteiger partial charge in [0.25, 0.3) is 0 Å². The molecule has 0 aliphatic heterocycles. The minimum Gasteiger partial charge on any atom is -0.334 e. The van der Waals surface area contributed by atoms with Crippen LogP contribution in [0.1, 0.15) is 16.7 Å². The van der Waals surface area contributed by atoms with Gasteiger partial charge in [-0.25, -0.2) is 15.0 Å². The number of hydrogen-bond donors (Lipinski definition) is 2. The van der Waals surface area contributed by atoms with E-state index in [4.69, 9.17) is 0 Å². The van der Waals surface area contributed by atoms with Crippen molar-refractivity contribution >= 4 is 28.8 Å². The topological polar surface area (TPSA) is 106 Å². The van der Waals surface area contributed by atoms with E-state index in [0.29, 0.717) is 5.82 Å². The Kier molecular flexibility index (Phi) is 4.74. The third kappa shape index (κ3) is 3.75. The molecule has 26 heavy (non-hydrogen) atoms. The van der Waals surface area contributed by atoms with E-state index in [1.165, 1.54) is 6.33 Å². The second-order valence-electron chi connectivity index (χ2n) is 5.97. The number of aromatic nitrogens is 3. The van der Waals surface area contributed by atoms with Crippen molar-refractivity contribution in [2.45, 2.75) is 20.8 Å². The fourth-order valence-corrected chi connectivity index (χ4v) is 2.48. The first-order valence-electron chi connectivity index (χ1n) is 7.97. The Balaban J connectivity index is 1.98. The summed E-state index contributed by atoms with van der Waals surface area (Å²) in [5, 5.41) is 17.6. The summed E-state index contributed by atoms with van der Waals surface area (Å²) in [6, 6.07) is 9.38. The average molecular weight is 350 g/mol. The molecule has 0 spiro atoms. The Labute approximate surface area is 150 Å². The summed E-state index contributed by atoms with van der Waals surface area (Å²) >= 11 is 0. The zero-order chi connectivity index (χ0) is 18.7. The highest BCUT2D eigenvalue weighted by molar-refractivity contribution is 5.76. The van der Waals surface area contributed by atoms with Crippen LogP contribution in [0.2, 0.25) is 0 Å². The third-order valence-corrected chi connectivity index (χ3v) is 3.80. The number of nitrogens with zero attached hydrogens (tertiary/aromatic N) is 4. The van der Waals surface area contributed by atoms with Gasteiger partial charge in [0.2, 0.25) is 11.6 Å². The summed E-state index contributed by atoms with van der Waals surface area (Å²) in [6.45, 7) is 5.83. The first-order valence-corrected chi connectivity index (χ1v) is 7.97. The third-order valence-electron chi connectivity index (χ3n) is 3.80. The van der Waals surface area contributed by atoms with Crippen molar-refractivity contribution in [2.75, 3.05) is 10.6 Å². The predicted molar refractivity (Wildman–Crippen MR) is 100 cm³/mol. The van der Waals surface area contributed by atoms with Crippen LogP contribution in [-0.2, 0) is 0 Å². The maximum Gasteiger partial charge on any atom is 0.353 e. The zero-order valence-electron chi connectivity index (χ0n) is 14.6. The van der Waals surface area contributed by atoms with Crippen molar-refractivity contribution in [1.29, 1.82) is 0 Å². The monoisotopic (exact) mass is 350 g/mol. The van der Waals surface area contributed by atoms with Gasteiger partial charge in [-0.05, 0) is 44.0 Å². The van der Waals surface area contributed by atoms with Gasteiger partial charge in [0.15, 0.2) is 0 Å². The molecule has 3 aromatic rings. The quantitative estimate of drug-likeness (QED) is 0.525. The summed E-state index contributed by atoms with van der Waals surface area (Å²) in [7, 11) is 0. The van der Waals surface area contributed by atoms with Crippen LogP contribution in [0.25, 0.3) is 0 Å². The fraction of sp³-hybridized carbons (Fsp3) is 0.167. The van der Waals surface area contributed by atoms with Crippen LogP contribution in [-0.4, -0.2) is 19.9 Å². The molecule has 132 valence electrons. The molecule has 0 aliphatic rings. The van der Waals surface area contributed by atoms with E-state index in [1.807, 2.05) is 45.0 Å². The Hall–Kier alpha value is -3.55. The smallest absolute Gasteiger partial charge is 0.334 e. The number of nitrogens with one attached hydrogen (secondary N) is 2. The van der Waals surface area contributed by atoms with Crippen molar-refractivity contribution in [3.8, 4) is 0 Å². The van der Waals surface area contributed by atoms with Crippen LogP contribution in [0.5, 0.6) is 0 Å². The molecule has 0 fully saturated rings. The molecule has 0 aliphatic carbocycles. The maximum atomic E-state index is 11.6. The van der Waals surface area contributed by atoms with E-state index >= 15 is 0 Å². The minimum absolute atomic E-state index is 0.0774. The largest absolute Gasteiger partial charge is 0.353 e. The lowest BCUT2D eigenvalue weighted by molar-refractivity contribution is -0.383. The molecule has 0 atom stereocenters. The summed E-state index contributed by atoms with van der Waals surface area (Å²) in [5.41, 5.74) is 3.57. The van der Waals surface area contributed by atoms with E-state index in [9.17, 15) is 10.1 Å². The summed E-state index contributed by atoms with van der Waals surface area (Å²) < 4.78 is 0. The van der Waals surface area contributed by atoms with Gasteiger partial charge in [0, 0.05) is 11.9 Å². The SMILES string of the molecule is Cc1ccc(Nc2ncnc(Nc3ccc(C)cc3C)c2[N+](=O)[O-])nc1. The molecule has 2 N–H and O–H groups in total. The summed E-state index contributed by atoms with van der Waals surface area (Å²) in [4.78, 5) is 23.4. The molecule has 2 heterocycles. The van der Waals surface area contributed by atoms with Crippen LogP contribution in [0, 0.1) is 30.9 Å². The molecular weight excluding hydrogens is 332 g/mol. The van der Waals surface area contributed by atoms with Gasteiger partial charge in [-0.3, -0.25) is 10.1 Å². The molecule has 0 unspecified atom stereocenters. The van der Waals surface area contributed by atoms with Crippen molar-refractivity contribution in [3.63, 3.8) is 0 Å². The highest BCUT2D eigenvalue weighted by Gasteiger charge is 2.24. The van der Waals surface area contributed by atoms with Crippen molar-refractivity contribution in [3.05, 3.63) is 69.7 Å². The number of hydrogen-bond acceptors (Lipinski definition) is 7. The molecule has 0 radical (unpaired) electrons. The number of pyridine rings is 1. The van der Waals surface area contributed by atoms with Gasteiger partial charge >= 0.3 is 5.69 Å². The lowest BCUT2D eigenvalue weighted by Crippen LogP contribution is -2.06. The molecule has 0 amide bonds. The number of anilines is 4. The molecule has 0 bridgehead atoms. The normalized spacial score (nSPS) is 10.4. The van der Waals surface area contributed by atoms with Gasteiger partial charge in [0.1, 0.15) is 12.1 Å². The Morgan fingerprint density at radius 2 is 1.62 bits per heavy atom. The van der Waals surface area contributed by atoms with Crippen molar-refractivity contribution in [2.24, 2.45) is 0 Å². The van der Waals surface area contributed by atoms with Crippen LogP contribution >= 0.6 is 0 Å². The average Bonchev–Trinajstić information content (AvgIpc) is 2.59. The van der Waals surface area contributed by atoms with Gasteiger partial charge in [-0.15, -0.1) is 0 Å². The maximum absolute atomic E-state index is 11.6. The Morgan fingerprint density at radius 1 is 0.923 bits per heavy atom. The van der Waals surface area contributed by atoms with Gasteiger partial charge in [0.05, 0.1) is 4.92 Å². The summed E-state index contributed by atoms with van der Waals surface area (Å²) in [6.07, 6.45) is 2.94. The van der Waals surface area contributed by atoms with Crippen LogP contribution in [0.15, 0.2) is 42.9 Å². The minimum atomic E-state index is -0.512. The zero-order valence-corrected chi connectivity index (χ0v) is 14.6. The molecular formula is C18H18N6O2. The lowest BCUT2D eigenvalue weighted by Gasteiger charge is -2.12. The van der Waals surface area contributed by atoms with Crippen LogP contribution in [0.3, 0.4) is 0 Å². The molecule has 0 saturated heterocycles. The Bertz CT molecular complexity index is 956. The van der Waals surface area contributed by atoms with E-state index in [2.05, 4.69) is 25.6 Å². The van der Waals surface area contributed by atoms with Gasteiger partial charge < -0.3 is 10.6 Å². The molecule has 1 aromatic carbocycles. The van der Waals surface area contributed by atoms with Gasteiger partial charge in [-0.2, -0.15) is 0 Å². The molecule has 8 heteroatoms. The molecule has 3 rings (SSSR count). The number of rotatable bonds is 5. The second kappa shape index (κ2) is 7.14. The highest BCUT2D eigenvalue weighted by Crippen LogP contribution is 2.33. The van der Waals surface area contributed by atoms with E-state index in [0.717, 1.165) is 22.4 Å². The van der Waals surface area contributed by atoms with E-state index in [-0.39, 0.29) is 17.3 Å². The van der Waals surface area contributed by atoms with Crippen molar-refractivity contribution in [1.82, 2.24) is 15.0 Å². The predicted octanol–water partition coefficient (Wildman–Crippen LogP) is 4.19.